The van der Waals surface area contributed by atoms with Crippen LogP contribution in [-0.2, 0) is 4.79 Å². The Bertz CT molecular complexity index is 909. The van der Waals surface area contributed by atoms with E-state index in [4.69, 9.17) is 27.5 Å². The quantitative estimate of drug-likeness (QED) is 0.478. The van der Waals surface area contributed by atoms with Crippen LogP contribution in [0.2, 0.25) is 5.02 Å². The van der Waals surface area contributed by atoms with Crippen molar-refractivity contribution in [3.05, 3.63) is 58.6 Å². The number of nitrogens with zero attached hydrogens (tertiary/aromatic N) is 1. The molecule has 0 unspecified atom stereocenters. The van der Waals surface area contributed by atoms with Crippen LogP contribution in [0.1, 0.15) is 5.56 Å². The highest BCUT2D eigenvalue weighted by Gasteiger charge is 2.14. The summed E-state index contributed by atoms with van der Waals surface area (Å²) in [5.74, 6) is 2.47. The Morgan fingerprint density at radius 3 is 2.69 bits per heavy atom. The standard InChI is InChI=1S/C20H15ClN2O3/c1-3-9-26-19-17(21)11-14(12-18(19)25-2)10-15(13-22)20(24)23-16-7-5-4-6-8-16/h1,4-8,10-12H,9H2,2H3,(H,23,24)/b15-10-. The van der Waals surface area contributed by atoms with E-state index in [0.717, 1.165) is 0 Å². The summed E-state index contributed by atoms with van der Waals surface area (Å²) in [7, 11) is 1.45. The first-order valence-electron chi connectivity index (χ1n) is 7.51. The zero-order valence-corrected chi connectivity index (χ0v) is 14.7. The number of para-hydroxylation sites is 1. The van der Waals surface area contributed by atoms with Gasteiger partial charge in [0, 0.05) is 5.69 Å². The number of amides is 1. The number of halogens is 1. The Hall–Kier alpha value is -3.41. The summed E-state index contributed by atoms with van der Waals surface area (Å²) in [6, 6.07) is 13.9. The van der Waals surface area contributed by atoms with E-state index in [2.05, 4.69) is 11.2 Å². The van der Waals surface area contributed by atoms with Gasteiger partial charge in [-0.15, -0.1) is 6.42 Å². The van der Waals surface area contributed by atoms with Crippen molar-refractivity contribution in [1.29, 1.82) is 5.26 Å². The van der Waals surface area contributed by atoms with Crippen molar-refractivity contribution in [2.24, 2.45) is 0 Å². The number of methoxy groups -OCH3 is 1. The molecule has 0 heterocycles. The van der Waals surface area contributed by atoms with Gasteiger partial charge in [-0.1, -0.05) is 35.7 Å². The molecule has 1 amide bonds. The lowest BCUT2D eigenvalue weighted by Gasteiger charge is -2.12. The van der Waals surface area contributed by atoms with Crippen molar-refractivity contribution in [1.82, 2.24) is 0 Å². The van der Waals surface area contributed by atoms with E-state index in [1.165, 1.54) is 13.2 Å². The second kappa shape index (κ2) is 9.17. The molecule has 26 heavy (non-hydrogen) atoms. The monoisotopic (exact) mass is 366 g/mol. The van der Waals surface area contributed by atoms with Crippen LogP contribution in [-0.4, -0.2) is 19.6 Å². The van der Waals surface area contributed by atoms with Crippen LogP contribution < -0.4 is 14.8 Å². The van der Waals surface area contributed by atoms with Crippen LogP contribution in [0.3, 0.4) is 0 Å². The fourth-order valence-corrected chi connectivity index (χ4v) is 2.39. The van der Waals surface area contributed by atoms with E-state index < -0.39 is 5.91 Å². The Kier molecular flexibility index (Phi) is 6.68. The summed E-state index contributed by atoms with van der Waals surface area (Å²) in [6.45, 7) is 0.0359. The van der Waals surface area contributed by atoms with E-state index in [-0.39, 0.29) is 17.2 Å². The third-order valence-corrected chi connectivity index (χ3v) is 3.54. The maximum atomic E-state index is 12.3. The minimum Gasteiger partial charge on any atom is -0.493 e. The Labute approximate surface area is 156 Å². The van der Waals surface area contributed by atoms with Crippen LogP contribution >= 0.6 is 11.6 Å². The second-order valence-corrected chi connectivity index (χ2v) is 5.42. The van der Waals surface area contributed by atoms with E-state index in [9.17, 15) is 10.1 Å². The molecule has 0 aliphatic rings. The van der Waals surface area contributed by atoms with Crippen molar-refractivity contribution in [3.63, 3.8) is 0 Å². The van der Waals surface area contributed by atoms with E-state index in [0.29, 0.717) is 22.7 Å². The summed E-state index contributed by atoms with van der Waals surface area (Å²) in [5, 5.41) is 12.2. The van der Waals surface area contributed by atoms with Crippen LogP contribution in [0.5, 0.6) is 11.5 Å². The lowest BCUT2D eigenvalue weighted by molar-refractivity contribution is -0.112. The molecule has 0 aliphatic carbocycles. The highest BCUT2D eigenvalue weighted by Crippen LogP contribution is 2.37. The average Bonchev–Trinajstić information content (AvgIpc) is 2.65. The Morgan fingerprint density at radius 1 is 1.35 bits per heavy atom. The number of nitrogens with one attached hydrogen (secondary N) is 1. The number of terminal acetylenes is 1. The molecule has 0 bridgehead atoms. The fraction of sp³-hybridized carbons (Fsp3) is 0.100. The van der Waals surface area contributed by atoms with Gasteiger partial charge in [0.1, 0.15) is 18.2 Å². The van der Waals surface area contributed by atoms with Crippen molar-refractivity contribution in [2.75, 3.05) is 19.0 Å². The number of carbonyl (C=O) groups excluding carboxylic acids is 1. The number of ether oxygens (including phenoxy) is 2. The van der Waals surface area contributed by atoms with Crippen LogP contribution in [0.15, 0.2) is 48.0 Å². The third kappa shape index (κ3) is 4.80. The third-order valence-electron chi connectivity index (χ3n) is 3.26. The Morgan fingerprint density at radius 2 is 2.08 bits per heavy atom. The lowest BCUT2D eigenvalue weighted by Crippen LogP contribution is -2.13. The molecule has 2 aromatic carbocycles. The number of hydrogen-bond acceptors (Lipinski definition) is 4. The second-order valence-electron chi connectivity index (χ2n) is 5.02. The predicted octanol–water partition coefficient (Wildman–Crippen LogP) is 3.91. The van der Waals surface area contributed by atoms with E-state index >= 15 is 0 Å². The number of anilines is 1. The molecule has 0 atom stereocenters. The molecular formula is C20H15ClN2O3. The summed E-state index contributed by atoms with van der Waals surface area (Å²) >= 11 is 6.20. The molecule has 130 valence electrons. The van der Waals surface area contributed by atoms with Crippen LogP contribution in [0.4, 0.5) is 5.69 Å². The van der Waals surface area contributed by atoms with Gasteiger partial charge in [-0.3, -0.25) is 4.79 Å². The molecule has 0 radical (unpaired) electrons. The van der Waals surface area contributed by atoms with Gasteiger partial charge in [0.2, 0.25) is 0 Å². The van der Waals surface area contributed by atoms with E-state index in [1.54, 1.807) is 36.4 Å². The summed E-state index contributed by atoms with van der Waals surface area (Å²) in [5.41, 5.74) is 1.02. The van der Waals surface area contributed by atoms with Gasteiger partial charge in [0.25, 0.3) is 5.91 Å². The largest absolute Gasteiger partial charge is 0.493 e. The SMILES string of the molecule is C#CCOc1c(Cl)cc(/C=C(/C#N)C(=O)Nc2ccccc2)cc1OC. The molecule has 2 rings (SSSR count). The van der Waals surface area contributed by atoms with Gasteiger partial charge in [0.15, 0.2) is 11.5 Å². The van der Waals surface area contributed by atoms with Crippen molar-refractivity contribution < 1.29 is 14.3 Å². The van der Waals surface area contributed by atoms with Crippen molar-refractivity contribution in [3.8, 4) is 29.9 Å². The number of hydrogen-bond donors (Lipinski definition) is 1. The molecule has 6 heteroatoms. The number of rotatable bonds is 6. The average molecular weight is 367 g/mol. The highest BCUT2D eigenvalue weighted by molar-refractivity contribution is 6.32. The molecule has 0 aromatic heterocycles. The first-order chi connectivity index (χ1) is 12.6. The molecule has 0 saturated carbocycles. The van der Waals surface area contributed by atoms with Gasteiger partial charge < -0.3 is 14.8 Å². The van der Waals surface area contributed by atoms with Crippen molar-refractivity contribution in [2.45, 2.75) is 0 Å². The predicted molar refractivity (Wildman–Crippen MR) is 101 cm³/mol. The zero-order chi connectivity index (χ0) is 18.9. The van der Waals surface area contributed by atoms with E-state index in [1.807, 2.05) is 12.1 Å². The van der Waals surface area contributed by atoms with Crippen LogP contribution in [0, 0.1) is 23.7 Å². The highest BCUT2D eigenvalue weighted by atomic mass is 35.5. The Balaban J connectivity index is 2.31. The summed E-state index contributed by atoms with van der Waals surface area (Å²) < 4.78 is 10.6. The van der Waals surface area contributed by atoms with Gasteiger partial charge in [0.05, 0.1) is 12.1 Å². The molecule has 0 spiro atoms. The molecule has 5 nitrogen and oxygen atoms in total. The molecule has 0 aliphatic heterocycles. The fourth-order valence-electron chi connectivity index (χ4n) is 2.11. The van der Waals surface area contributed by atoms with Gasteiger partial charge in [-0.05, 0) is 35.9 Å². The molecule has 1 N–H and O–H groups in total. The minimum absolute atomic E-state index is 0.0359. The minimum atomic E-state index is -0.526. The summed E-state index contributed by atoms with van der Waals surface area (Å²) in [4.78, 5) is 12.3. The molecule has 2 aromatic rings. The maximum Gasteiger partial charge on any atom is 0.266 e. The number of nitriles is 1. The topological polar surface area (TPSA) is 71.3 Å². The molecule has 0 fully saturated rings. The number of carbonyl (C=O) groups is 1. The lowest BCUT2D eigenvalue weighted by atomic mass is 10.1. The van der Waals surface area contributed by atoms with Gasteiger partial charge >= 0.3 is 0 Å². The smallest absolute Gasteiger partial charge is 0.266 e. The zero-order valence-electron chi connectivity index (χ0n) is 14.0. The van der Waals surface area contributed by atoms with Crippen molar-refractivity contribution >= 4 is 29.3 Å². The summed E-state index contributed by atoms with van der Waals surface area (Å²) in [6.07, 6.45) is 6.59. The van der Waals surface area contributed by atoms with Gasteiger partial charge in [-0.2, -0.15) is 5.26 Å². The normalized spacial score (nSPS) is 10.4. The van der Waals surface area contributed by atoms with Crippen LogP contribution in [0.25, 0.3) is 6.08 Å². The maximum absolute atomic E-state index is 12.3. The molecule has 0 saturated heterocycles. The first-order valence-corrected chi connectivity index (χ1v) is 7.88. The number of benzene rings is 2. The van der Waals surface area contributed by atoms with Gasteiger partial charge in [-0.25, -0.2) is 0 Å². The first kappa shape index (κ1) is 18.9. The molecular weight excluding hydrogens is 352 g/mol.